The molecule has 21 heavy (non-hydrogen) atoms. The number of nitrogens with one attached hydrogen (secondary N) is 1. The van der Waals surface area contributed by atoms with Crippen molar-refractivity contribution in [3.05, 3.63) is 68.2 Å². The lowest BCUT2D eigenvalue weighted by Gasteiger charge is -2.21. The molecule has 3 N–H and O–H groups in total. The average molecular weight is 347 g/mol. The maximum Gasteiger partial charge on any atom is 0.0503 e. The largest absolute Gasteiger partial charge is 0.271 e. The van der Waals surface area contributed by atoms with Crippen LogP contribution in [0.25, 0.3) is 0 Å². The number of benzene rings is 2. The fourth-order valence-electron chi connectivity index (χ4n) is 3.02. The summed E-state index contributed by atoms with van der Waals surface area (Å²) in [5, 5.41) is 0. The molecule has 112 valence electrons. The van der Waals surface area contributed by atoms with E-state index in [1.165, 1.54) is 33.4 Å². The molecular weight excluding hydrogens is 324 g/mol. The van der Waals surface area contributed by atoms with Gasteiger partial charge in [0.05, 0.1) is 6.04 Å². The van der Waals surface area contributed by atoms with Crippen LogP contribution < -0.4 is 11.3 Å². The summed E-state index contributed by atoms with van der Waals surface area (Å²) in [7, 11) is 0. The van der Waals surface area contributed by atoms with E-state index in [2.05, 4.69) is 79.4 Å². The molecule has 0 heterocycles. The predicted molar refractivity (Wildman–Crippen MR) is 93.3 cm³/mol. The molecular formula is C18H23BrN2. The molecule has 0 aliphatic carbocycles. The lowest BCUT2D eigenvalue weighted by molar-refractivity contribution is 0.547. The van der Waals surface area contributed by atoms with Crippen LogP contribution in [-0.2, 0) is 6.42 Å². The first-order valence-corrected chi connectivity index (χ1v) is 8.00. The second-order valence-corrected chi connectivity index (χ2v) is 6.72. The maximum absolute atomic E-state index is 5.83. The number of hydrogen-bond donors (Lipinski definition) is 2. The number of hydrazine groups is 1. The second kappa shape index (κ2) is 6.73. The van der Waals surface area contributed by atoms with Crippen LogP contribution >= 0.6 is 15.9 Å². The van der Waals surface area contributed by atoms with Crippen molar-refractivity contribution in [1.29, 1.82) is 0 Å². The third-order valence-corrected chi connectivity index (χ3v) is 4.55. The normalized spacial score (nSPS) is 12.5. The van der Waals surface area contributed by atoms with Gasteiger partial charge in [-0.25, -0.2) is 0 Å². The SMILES string of the molecule is Cc1cc(C)c(CC(NN)c2ccc(Br)cc2C)c(C)c1. The maximum atomic E-state index is 5.83. The summed E-state index contributed by atoms with van der Waals surface area (Å²) in [6.07, 6.45) is 0.900. The van der Waals surface area contributed by atoms with Gasteiger partial charge in [-0.3, -0.25) is 11.3 Å². The topological polar surface area (TPSA) is 38.0 Å². The third-order valence-electron chi connectivity index (χ3n) is 4.06. The quantitative estimate of drug-likeness (QED) is 0.634. The highest BCUT2D eigenvalue weighted by Gasteiger charge is 2.16. The molecule has 2 aromatic rings. The summed E-state index contributed by atoms with van der Waals surface area (Å²) in [4.78, 5) is 0. The molecule has 2 nitrogen and oxygen atoms in total. The first-order valence-electron chi connectivity index (χ1n) is 7.21. The molecule has 1 atom stereocenters. The standard InChI is InChI=1S/C18H23BrN2/c1-11-7-12(2)17(13(3)8-11)10-18(21-20)16-6-5-15(19)9-14(16)4/h5-9,18,21H,10,20H2,1-4H3. The Labute approximate surface area is 135 Å². The molecule has 0 saturated carbocycles. The Balaban J connectivity index is 2.36. The van der Waals surface area contributed by atoms with Crippen LogP contribution in [0.4, 0.5) is 0 Å². The highest BCUT2D eigenvalue weighted by Crippen LogP contribution is 2.27. The smallest absolute Gasteiger partial charge is 0.0503 e. The number of nitrogens with two attached hydrogens (primary N) is 1. The van der Waals surface area contributed by atoms with Crippen LogP contribution in [0.5, 0.6) is 0 Å². The summed E-state index contributed by atoms with van der Waals surface area (Å²) in [5.74, 6) is 5.83. The van der Waals surface area contributed by atoms with Crippen molar-refractivity contribution in [2.75, 3.05) is 0 Å². The van der Waals surface area contributed by atoms with Crippen LogP contribution in [-0.4, -0.2) is 0 Å². The van der Waals surface area contributed by atoms with Crippen LogP contribution in [0.15, 0.2) is 34.8 Å². The molecule has 0 radical (unpaired) electrons. The van der Waals surface area contributed by atoms with Gasteiger partial charge >= 0.3 is 0 Å². The molecule has 0 aliphatic rings. The second-order valence-electron chi connectivity index (χ2n) is 5.80. The summed E-state index contributed by atoms with van der Waals surface area (Å²) in [6.45, 7) is 8.62. The summed E-state index contributed by atoms with van der Waals surface area (Å²) in [5.41, 5.74) is 10.8. The van der Waals surface area contributed by atoms with Gasteiger partial charge in [-0.15, -0.1) is 0 Å². The molecule has 0 bridgehead atoms. The number of halogens is 1. The summed E-state index contributed by atoms with van der Waals surface area (Å²) in [6, 6.07) is 11.0. The van der Waals surface area contributed by atoms with Crippen molar-refractivity contribution >= 4 is 15.9 Å². The molecule has 2 rings (SSSR count). The van der Waals surface area contributed by atoms with Gasteiger partial charge in [0.1, 0.15) is 0 Å². The Morgan fingerprint density at radius 3 is 2.14 bits per heavy atom. The number of aryl methyl sites for hydroxylation is 4. The van der Waals surface area contributed by atoms with Crippen LogP contribution in [0, 0.1) is 27.7 Å². The van der Waals surface area contributed by atoms with E-state index in [4.69, 9.17) is 5.84 Å². The molecule has 2 aromatic carbocycles. The van der Waals surface area contributed by atoms with E-state index in [1.807, 2.05) is 0 Å². The minimum atomic E-state index is 0.123. The van der Waals surface area contributed by atoms with Gasteiger partial charge in [-0.2, -0.15) is 0 Å². The van der Waals surface area contributed by atoms with Crippen molar-refractivity contribution in [2.45, 2.75) is 40.2 Å². The third kappa shape index (κ3) is 3.73. The van der Waals surface area contributed by atoms with Crippen molar-refractivity contribution in [2.24, 2.45) is 5.84 Å². The van der Waals surface area contributed by atoms with E-state index >= 15 is 0 Å². The van der Waals surface area contributed by atoms with Gasteiger partial charge in [-0.1, -0.05) is 39.7 Å². The minimum Gasteiger partial charge on any atom is -0.271 e. The van der Waals surface area contributed by atoms with Crippen LogP contribution in [0.2, 0.25) is 0 Å². The lowest BCUT2D eigenvalue weighted by Crippen LogP contribution is -2.30. The molecule has 0 amide bonds. The molecule has 1 unspecified atom stereocenters. The fourth-order valence-corrected chi connectivity index (χ4v) is 3.50. The van der Waals surface area contributed by atoms with E-state index in [0.717, 1.165) is 10.9 Å². The Hall–Kier alpha value is -1.16. The van der Waals surface area contributed by atoms with Gasteiger partial charge in [0.2, 0.25) is 0 Å². The predicted octanol–water partition coefficient (Wildman–Crippen LogP) is 4.43. The molecule has 0 fully saturated rings. The van der Waals surface area contributed by atoms with E-state index in [0.29, 0.717) is 0 Å². The highest BCUT2D eigenvalue weighted by molar-refractivity contribution is 9.10. The highest BCUT2D eigenvalue weighted by atomic mass is 79.9. The van der Waals surface area contributed by atoms with E-state index in [9.17, 15) is 0 Å². The van der Waals surface area contributed by atoms with E-state index < -0.39 is 0 Å². The zero-order chi connectivity index (χ0) is 15.6. The van der Waals surface area contributed by atoms with Crippen molar-refractivity contribution < 1.29 is 0 Å². The van der Waals surface area contributed by atoms with Crippen LogP contribution in [0.3, 0.4) is 0 Å². The first-order chi connectivity index (χ1) is 9.92. The zero-order valence-electron chi connectivity index (χ0n) is 13.1. The Morgan fingerprint density at radius 1 is 1.00 bits per heavy atom. The number of hydrogen-bond acceptors (Lipinski definition) is 2. The fraction of sp³-hybridized carbons (Fsp3) is 0.333. The molecule has 0 aliphatic heterocycles. The minimum absolute atomic E-state index is 0.123. The van der Waals surface area contributed by atoms with Gasteiger partial charge in [0.25, 0.3) is 0 Å². The Bertz CT molecular complexity index is 627. The van der Waals surface area contributed by atoms with Crippen molar-refractivity contribution in [1.82, 2.24) is 5.43 Å². The molecule has 0 spiro atoms. The molecule has 0 saturated heterocycles. The van der Waals surface area contributed by atoms with Gasteiger partial charge in [0, 0.05) is 4.47 Å². The van der Waals surface area contributed by atoms with Crippen molar-refractivity contribution in [3.63, 3.8) is 0 Å². The zero-order valence-corrected chi connectivity index (χ0v) is 14.7. The lowest BCUT2D eigenvalue weighted by atomic mass is 9.90. The molecule has 0 aromatic heterocycles. The van der Waals surface area contributed by atoms with Gasteiger partial charge in [-0.05, 0) is 74.1 Å². The first kappa shape index (κ1) is 16.2. The number of rotatable bonds is 4. The monoisotopic (exact) mass is 346 g/mol. The van der Waals surface area contributed by atoms with Crippen LogP contribution in [0.1, 0.15) is 39.4 Å². The molecule has 3 heteroatoms. The Kier molecular flexibility index (Phi) is 5.20. The average Bonchev–Trinajstić information content (AvgIpc) is 2.39. The summed E-state index contributed by atoms with van der Waals surface area (Å²) >= 11 is 3.51. The van der Waals surface area contributed by atoms with E-state index in [1.54, 1.807) is 0 Å². The van der Waals surface area contributed by atoms with E-state index in [-0.39, 0.29) is 6.04 Å². The van der Waals surface area contributed by atoms with Gasteiger partial charge in [0.15, 0.2) is 0 Å². The summed E-state index contributed by atoms with van der Waals surface area (Å²) < 4.78 is 1.10. The van der Waals surface area contributed by atoms with Crippen molar-refractivity contribution in [3.8, 4) is 0 Å². The Morgan fingerprint density at radius 2 is 1.62 bits per heavy atom. The van der Waals surface area contributed by atoms with Gasteiger partial charge < -0.3 is 0 Å².